The third-order valence-electron chi connectivity index (χ3n) is 6.12. The van der Waals surface area contributed by atoms with Crippen LogP contribution in [0.2, 0.25) is 0 Å². The zero-order valence-electron chi connectivity index (χ0n) is 21.3. The first-order chi connectivity index (χ1) is 17.2. The lowest BCUT2D eigenvalue weighted by molar-refractivity contribution is 0.0734. The number of ether oxygens (including phenoxy) is 2. The van der Waals surface area contributed by atoms with Gasteiger partial charge in [-0.3, -0.25) is 4.98 Å². The zero-order valence-corrected chi connectivity index (χ0v) is 21.3. The number of aryl methyl sites for hydroxylation is 1. The minimum atomic E-state index is -0.366. The average Bonchev–Trinajstić information content (AvgIpc) is 2.90. The maximum absolute atomic E-state index is 12.5. The van der Waals surface area contributed by atoms with Gasteiger partial charge in [-0.15, -0.1) is 0 Å². The Morgan fingerprint density at radius 3 is 2.06 bits per heavy atom. The molecule has 0 spiro atoms. The molecule has 0 saturated heterocycles. The molecule has 0 aliphatic rings. The molecule has 0 saturated carbocycles. The normalized spacial score (nSPS) is 10.8. The predicted molar refractivity (Wildman–Crippen MR) is 143 cm³/mol. The van der Waals surface area contributed by atoms with Crippen molar-refractivity contribution in [2.75, 3.05) is 6.61 Å². The molecular weight excluding hydrogens is 434 g/mol. The Morgan fingerprint density at radius 1 is 0.714 bits per heavy atom. The van der Waals surface area contributed by atoms with E-state index < -0.39 is 0 Å². The van der Waals surface area contributed by atoms with E-state index in [0.717, 1.165) is 36.5 Å². The SMILES string of the molecule is CCCCCCCCc1ccc(C(=O)Oc2ccc(-c3ccc(OCCCCC)cc3)nc2)cc1. The third kappa shape index (κ3) is 9.20. The predicted octanol–water partition coefficient (Wildman–Crippen LogP) is 8.44. The Labute approximate surface area is 210 Å². The van der Waals surface area contributed by atoms with E-state index in [0.29, 0.717) is 11.3 Å². The number of nitrogens with zero attached hydrogens (tertiary/aromatic N) is 1. The Hall–Kier alpha value is -3.14. The maximum Gasteiger partial charge on any atom is 0.343 e. The molecule has 4 nitrogen and oxygen atoms in total. The summed E-state index contributed by atoms with van der Waals surface area (Å²) in [6, 6.07) is 19.3. The fourth-order valence-corrected chi connectivity index (χ4v) is 3.96. The smallest absolute Gasteiger partial charge is 0.343 e. The second kappa shape index (κ2) is 15.0. The van der Waals surface area contributed by atoms with Crippen LogP contribution in [0.15, 0.2) is 66.9 Å². The van der Waals surface area contributed by atoms with Gasteiger partial charge in [-0.2, -0.15) is 0 Å². The molecule has 1 heterocycles. The van der Waals surface area contributed by atoms with Crippen molar-refractivity contribution in [3.63, 3.8) is 0 Å². The lowest BCUT2D eigenvalue weighted by atomic mass is 10.0. The van der Waals surface area contributed by atoms with Crippen molar-refractivity contribution in [3.05, 3.63) is 78.0 Å². The van der Waals surface area contributed by atoms with Crippen LogP contribution >= 0.6 is 0 Å². The highest BCUT2D eigenvalue weighted by atomic mass is 16.5. The molecule has 3 rings (SSSR count). The van der Waals surface area contributed by atoms with Gasteiger partial charge < -0.3 is 9.47 Å². The van der Waals surface area contributed by atoms with E-state index in [1.54, 1.807) is 12.3 Å². The van der Waals surface area contributed by atoms with E-state index in [9.17, 15) is 4.79 Å². The summed E-state index contributed by atoms with van der Waals surface area (Å²) in [6.45, 7) is 5.17. The molecule has 0 bridgehead atoms. The van der Waals surface area contributed by atoms with Gasteiger partial charge >= 0.3 is 5.97 Å². The van der Waals surface area contributed by atoms with Gasteiger partial charge in [0.05, 0.1) is 24.1 Å². The monoisotopic (exact) mass is 473 g/mol. The number of carbonyl (C=O) groups is 1. The molecule has 0 atom stereocenters. The third-order valence-corrected chi connectivity index (χ3v) is 6.12. The van der Waals surface area contributed by atoms with Crippen molar-refractivity contribution in [2.45, 2.75) is 78.1 Å². The van der Waals surface area contributed by atoms with Crippen LogP contribution in [0.4, 0.5) is 0 Å². The average molecular weight is 474 g/mol. The van der Waals surface area contributed by atoms with Gasteiger partial charge in [0, 0.05) is 5.56 Å². The number of unbranched alkanes of at least 4 members (excludes halogenated alkanes) is 7. The molecule has 2 aromatic carbocycles. The Balaban J connectivity index is 1.46. The standard InChI is InChI=1S/C31H39NO3/c1-3-5-7-8-9-10-12-25-13-15-27(16-14-25)31(33)35-29-21-22-30(32-24-29)26-17-19-28(20-18-26)34-23-11-6-4-2/h13-22,24H,3-12,23H2,1-2H3. The maximum atomic E-state index is 12.5. The van der Waals surface area contributed by atoms with Crippen LogP contribution in [0.1, 0.15) is 87.6 Å². The highest BCUT2D eigenvalue weighted by Gasteiger charge is 2.10. The zero-order chi connectivity index (χ0) is 24.7. The van der Waals surface area contributed by atoms with Crippen LogP contribution in [-0.4, -0.2) is 17.6 Å². The number of esters is 1. The highest BCUT2D eigenvalue weighted by molar-refractivity contribution is 5.91. The number of hydrogen-bond acceptors (Lipinski definition) is 4. The van der Waals surface area contributed by atoms with E-state index in [2.05, 4.69) is 18.8 Å². The van der Waals surface area contributed by atoms with Crippen molar-refractivity contribution in [1.29, 1.82) is 0 Å². The molecular formula is C31H39NO3. The summed E-state index contributed by atoms with van der Waals surface area (Å²) in [5.74, 6) is 0.939. The molecule has 1 aromatic heterocycles. The Bertz CT molecular complexity index is 995. The van der Waals surface area contributed by atoms with Crippen molar-refractivity contribution in [3.8, 4) is 22.8 Å². The van der Waals surface area contributed by atoms with Crippen LogP contribution in [0.5, 0.6) is 11.5 Å². The van der Waals surface area contributed by atoms with Crippen LogP contribution in [0, 0.1) is 0 Å². The van der Waals surface area contributed by atoms with Crippen molar-refractivity contribution in [2.24, 2.45) is 0 Å². The summed E-state index contributed by atoms with van der Waals surface area (Å²) in [4.78, 5) is 17.0. The van der Waals surface area contributed by atoms with E-state index in [4.69, 9.17) is 9.47 Å². The summed E-state index contributed by atoms with van der Waals surface area (Å²) in [6.07, 6.45) is 13.8. The number of aromatic nitrogens is 1. The summed E-state index contributed by atoms with van der Waals surface area (Å²) in [5.41, 5.74) is 3.63. The molecule has 0 N–H and O–H groups in total. The lowest BCUT2D eigenvalue weighted by Crippen LogP contribution is -2.08. The minimum absolute atomic E-state index is 0.366. The molecule has 0 amide bonds. The molecule has 186 valence electrons. The van der Waals surface area contributed by atoms with Crippen molar-refractivity contribution >= 4 is 5.97 Å². The van der Waals surface area contributed by atoms with Crippen molar-refractivity contribution in [1.82, 2.24) is 4.98 Å². The van der Waals surface area contributed by atoms with Crippen LogP contribution in [-0.2, 0) is 6.42 Å². The van der Waals surface area contributed by atoms with Gasteiger partial charge in [-0.1, -0.05) is 70.9 Å². The van der Waals surface area contributed by atoms with Crippen molar-refractivity contribution < 1.29 is 14.3 Å². The topological polar surface area (TPSA) is 48.4 Å². The summed E-state index contributed by atoms with van der Waals surface area (Å²) in [7, 11) is 0. The molecule has 3 aromatic rings. The molecule has 0 radical (unpaired) electrons. The fourth-order valence-electron chi connectivity index (χ4n) is 3.96. The van der Waals surface area contributed by atoms with Gasteiger partial charge in [-0.25, -0.2) is 4.79 Å². The first kappa shape index (κ1) is 26.5. The molecule has 0 fully saturated rings. The highest BCUT2D eigenvalue weighted by Crippen LogP contribution is 2.23. The lowest BCUT2D eigenvalue weighted by Gasteiger charge is -2.08. The first-order valence-corrected chi connectivity index (χ1v) is 13.2. The minimum Gasteiger partial charge on any atom is -0.494 e. The summed E-state index contributed by atoms with van der Waals surface area (Å²) in [5, 5.41) is 0. The van der Waals surface area contributed by atoms with Gasteiger partial charge in [0.25, 0.3) is 0 Å². The number of pyridine rings is 1. The van der Waals surface area contributed by atoms with E-state index >= 15 is 0 Å². The first-order valence-electron chi connectivity index (χ1n) is 13.2. The van der Waals surface area contributed by atoms with Crippen LogP contribution in [0.25, 0.3) is 11.3 Å². The van der Waals surface area contributed by atoms with E-state index in [1.807, 2.05) is 54.6 Å². The Kier molecular flexibility index (Phi) is 11.3. The number of hydrogen-bond donors (Lipinski definition) is 0. The fraction of sp³-hybridized carbons (Fsp3) is 0.419. The number of rotatable bonds is 15. The number of benzene rings is 2. The van der Waals surface area contributed by atoms with Crippen LogP contribution < -0.4 is 9.47 Å². The Morgan fingerprint density at radius 2 is 1.37 bits per heavy atom. The molecule has 35 heavy (non-hydrogen) atoms. The van der Waals surface area contributed by atoms with Gasteiger partial charge in [0.1, 0.15) is 11.5 Å². The second-order valence-electron chi connectivity index (χ2n) is 9.06. The summed E-state index contributed by atoms with van der Waals surface area (Å²) >= 11 is 0. The summed E-state index contributed by atoms with van der Waals surface area (Å²) < 4.78 is 11.3. The number of carbonyl (C=O) groups excluding carboxylic acids is 1. The van der Waals surface area contributed by atoms with Crippen LogP contribution in [0.3, 0.4) is 0 Å². The molecule has 4 heteroatoms. The molecule has 0 aliphatic carbocycles. The largest absolute Gasteiger partial charge is 0.494 e. The molecule has 0 unspecified atom stereocenters. The van der Waals surface area contributed by atoms with E-state index in [-0.39, 0.29) is 5.97 Å². The quantitative estimate of drug-likeness (QED) is 0.164. The van der Waals surface area contributed by atoms with Gasteiger partial charge in [0.2, 0.25) is 0 Å². The van der Waals surface area contributed by atoms with Gasteiger partial charge in [-0.05, 0) is 73.4 Å². The molecule has 0 aliphatic heterocycles. The second-order valence-corrected chi connectivity index (χ2v) is 9.06. The van der Waals surface area contributed by atoms with E-state index in [1.165, 1.54) is 56.9 Å². The van der Waals surface area contributed by atoms with Gasteiger partial charge in [0.15, 0.2) is 0 Å².